The van der Waals surface area contributed by atoms with E-state index in [1.165, 1.54) is 33.6 Å². The fourth-order valence-corrected chi connectivity index (χ4v) is 6.45. The first-order valence-corrected chi connectivity index (χ1v) is 12.1. The summed E-state index contributed by atoms with van der Waals surface area (Å²) in [6, 6.07) is 0. The van der Waals surface area contributed by atoms with Gasteiger partial charge in [-0.05, 0) is 57.1 Å². The predicted octanol–water partition coefficient (Wildman–Crippen LogP) is 4.40. The molecule has 0 aliphatic heterocycles. The lowest BCUT2D eigenvalue weighted by molar-refractivity contribution is 0.0526. The molecular weight excluding hydrogens is 434 g/mol. The van der Waals surface area contributed by atoms with Gasteiger partial charge < -0.3 is 10.1 Å². The number of nitrogens with one attached hydrogen (secondary N) is 1. The molecule has 0 aromatic carbocycles. The highest BCUT2D eigenvalue weighted by Gasteiger charge is 2.30. The van der Waals surface area contributed by atoms with E-state index in [2.05, 4.69) is 17.2 Å². The number of carbonyl (C=O) groups is 2. The molecule has 31 heavy (non-hydrogen) atoms. The lowest BCUT2D eigenvalue weighted by Gasteiger charge is -2.18. The van der Waals surface area contributed by atoms with E-state index in [1.54, 1.807) is 13.8 Å². The predicted molar refractivity (Wildman–Crippen MR) is 124 cm³/mol. The van der Waals surface area contributed by atoms with Gasteiger partial charge in [0, 0.05) is 11.4 Å². The highest BCUT2D eigenvalue weighted by atomic mass is 32.1. The Balaban J connectivity index is 1.74. The van der Waals surface area contributed by atoms with Crippen molar-refractivity contribution >= 4 is 49.8 Å². The van der Waals surface area contributed by atoms with Gasteiger partial charge in [0.2, 0.25) is 0 Å². The van der Waals surface area contributed by atoms with Crippen molar-refractivity contribution in [2.75, 3.05) is 11.9 Å². The zero-order valence-electron chi connectivity index (χ0n) is 18.0. The van der Waals surface area contributed by atoms with Crippen LogP contribution in [0.1, 0.15) is 63.2 Å². The third kappa shape index (κ3) is 3.80. The number of rotatable bonds is 5. The van der Waals surface area contributed by atoms with E-state index in [1.807, 2.05) is 6.92 Å². The second-order valence-corrected chi connectivity index (χ2v) is 9.91. The molecular formula is C22H25N3O4S2. The number of hydrogen-bond donors (Lipinski definition) is 1. The van der Waals surface area contributed by atoms with E-state index in [0.29, 0.717) is 43.7 Å². The topological polar surface area (TPSA) is 90.3 Å². The molecule has 1 aliphatic carbocycles. The van der Waals surface area contributed by atoms with Gasteiger partial charge in [-0.15, -0.1) is 22.7 Å². The Morgan fingerprint density at radius 3 is 2.81 bits per heavy atom. The Hall–Kier alpha value is -2.52. The molecule has 0 saturated carbocycles. The average molecular weight is 460 g/mol. The summed E-state index contributed by atoms with van der Waals surface area (Å²) in [6.07, 6.45) is 4.22. The molecule has 7 nitrogen and oxygen atoms in total. The van der Waals surface area contributed by atoms with Crippen LogP contribution in [0.15, 0.2) is 11.1 Å². The van der Waals surface area contributed by atoms with E-state index >= 15 is 0 Å². The summed E-state index contributed by atoms with van der Waals surface area (Å²) in [5.74, 6) is -0.188. The largest absolute Gasteiger partial charge is 0.462 e. The molecule has 164 valence electrons. The fourth-order valence-electron chi connectivity index (χ4n) is 4.02. The quantitative estimate of drug-likeness (QED) is 0.571. The minimum absolute atomic E-state index is 0.145. The van der Waals surface area contributed by atoms with Crippen LogP contribution in [0.2, 0.25) is 0 Å². The van der Waals surface area contributed by atoms with Crippen LogP contribution in [0.25, 0.3) is 10.2 Å². The van der Waals surface area contributed by atoms with Crippen LogP contribution >= 0.6 is 22.7 Å². The first-order valence-electron chi connectivity index (χ1n) is 10.5. The Kier molecular flexibility index (Phi) is 5.98. The van der Waals surface area contributed by atoms with Crippen molar-refractivity contribution in [3.05, 3.63) is 43.1 Å². The number of nitrogens with zero attached hydrogens (tertiary/aromatic N) is 2. The van der Waals surface area contributed by atoms with Crippen molar-refractivity contribution in [3.8, 4) is 0 Å². The summed E-state index contributed by atoms with van der Waals surface area (Å²) in [5, 5.41) is 3.94. The molecule has 0 radical (unpaired) electrons. The molecule has 3 aromatic heterocycles. The number of amides is 1. The number of esters is 1. The summed E-state index contributed by atoms with van der Waals surface area (Å²) in [6.45, 7) is 8.40. The number of ether oxygens (including phenoxy) is 1. The smallest absolute Gasteiger partial charge is 0.341 e. The molecule has 0 saturated heterocycles. The molecule has 3 aromatic rings. The van der Waals surface area contributed by atoms with Crippen LogP contribution in [-0.2, 0) is 24.1 Å². The van der Waals surface area contributed by atoms with Crippen LogP contribution < -0.4 is 10.9 Å². The molecule has 1 N–H and O–H groups in total. The normalized spacial score (nSPS) is 15.7. The van der Waals surface area contributed by atoms with E-state index in [-0.39, 0.29) is 18.1 Å². The minimum atomic E-state index is -0.398. The van der Waals surface area contributed by atoms with Crippen molar-refractivity contribution in [1.29, 1.82) is 0 Å². The second-order valence-electron chi connectivity index (χ2n) is 7.80. The van der Waals surface area contributed by atoms with Crippen LogP contribution in [0.3, 0.4) is 0 Å². The molecule has 3 heterocycles. The van der Waals surface area contributed by atoms with Gasteiger partial charge in [0.15, 0.2) is 0 Å². The van der Waals surface area contributed by atoms with Gasteiger partial charge in [0.1, 0.15) is 9.83 Å². The molecule has 0 spiro atoms. The summed E-state index contributed by atoms with van der Waals surface area (Å²) >= 11 is 2.65. The van der Waals surface area contributed by atoms with Crippen molar-refractivity contribution in [3.63, 3.8) is 0 Å². The maximum atomic E-state index is 13.2. The van der Waals surface area contributed by atoms with E-state index in [4.69, 9.17) is 4.74 Å². The number of aromatic nitrogens is 2. The van der Waals surface area contributed by atoms with Crippen LogP contribution in [0, 0.1) is 12.8 Å². The standard InChI is InChI=1S/C22H25N3O4S2/c1-5-25-10-23-19-15(21(25)27)12(4)17(31-19)18(26)24-20-16(22(28)29-6-2)13-8-7-11(3)9-14(13)30-20/h10-11H,5-9H2,1-4H3,(H,24,26). The van der Waals surface area contributed by atoms with Crippen molar-refractivity contribution in [1.82, 2.24) is 9.55 Å². The van der Waals surface area contributed by atoms with Gasteiger partial charge in [-0.1, -0.05) is 6.92 Å². The maximum Gasteiger partial charge on any atom is 0.341 e. The van der Waals surface area contributed by atoms with Crippen molar-refractivity contribution in [2.24, 2.45) is 5.92 Å². The number of fused-ring (bicyclic) bond motifs is 2. The zero-order valence-corrected chi connectivity index (χ0v) is 19.7. The Labute approximate surface area is 188 Å². The van der Waals surface area contributed by atoms with Gasteiger partial charge in [-0.3, -0.25) is 14.2 Å². The van der Waals surface area contributed by atoms with Crippen LogP contribution in [0.4, 0.5) is 5.00 Å². The third-order valence-corrected chi connectivity index (χ3v) is 8.05. The molecule has 9 heteroatoms. The average Bonchev–Trinajstić information content (AvgIpc) is 3.25. The summed E-state index contributed by atoms with van der Waals surface area (Å²) in [4.78, 5) is 45.1. The lowest BCUT2D eigenvalue weighted by Crippen LogP contribution is -2.19. The summed E-state index contributed by atoms with van der Waals surface area (Å²) in [5.41, 5.74) is 1.95. The maximum absolute atomic E-state index is 13.2. The monoisotopic (exact) mass is 459 g/mol. The number of anilines is 1. The third-order valence-electron chi connectivity index (χ3n) is 5.68. The number of thiophene rings is 2. The van der Waals surface area contributed by atoms with Gasteiger partial charge in [0.25, 0.3) is 11.5 Å². The minimum Gasteiger partial charge on any atom is -0.462 e. The first-order chi connectivity index (χ1) is 14.8. The Morgan fingerprint density at radius 2 is 2.10 bits per heavy atom. The van der Waals surface area contributed by atoms with Crippen molar-refractivity contribution < 1.29 is 14.3 Å². The lowest BCUT2D eigenvalue weighted by atomic mass is 9.88. The number of hydrogen-bond acceptors (Lipinski definition) is 7. The molecule has 1 unspecified atom stereocenters. The van der Waals surface area contributed by atoms with Gasteiger partial charge in [-0.2, -0.15) is 0 Å². The molecule has 0 bridgehead atoms. The fraction of sp³-hybridized carbons (Fsp3) is 0.455. The van der Waals surface area contributed by atoms with Gasteiger partial charge in [0.05, 0.1) is 28.8 Å². The first kappa shape index (κ1) is 21.7. The SMILES string of the molecule is CCOC(=O)c1c(NC(=O)c2sc3ncn(CC)c(=O)c3c2C)sc2c1CCC(C)C2. The van der Waals surface area contributed by atoms with Gasteiger partial charge in [-0.25, -0.2) is 9.78 Å². The van der Waals surface area contributed by atoms with E-state index in [9.17, 15) is 14.4 Å². The van der Waals surface area contributed by atoms with Gasteiger partial charge >= 0.3 is 5.97 Å². The number of carbonyl (C=O) groups excluding carboxylic acids is 2. The zero-order chi connectivity index (χ0) is 22.3. The van der Waals surface area contributed by atoms with E-state index < -0.39 is 5.97 Å². The number of aryl methyl sites for hydroxylation is 2. The van der Waals surface area contributed by atoms with Crippen LogP contribution in [-0.4, -0.2) is 28.0 Å². The van der Waals surface area contributed by atoms with E-state index in [0.717, 1.165) is 29.7 Å². The molecule has 0 fully saturated rings. The summed E-state index contributed by atoms with van der Waals surface area (Å²) in [7, 11) is 0. The van der Waals surface area contributed by atoms with Crippen LogP contribution in [0.5, 0.6) is 0 Å². The highest BCUT2D eigenvalue weighted by molar-refractivity contribution is 7.21. The molecule has 4 rings (SSSR count). The summed E-state index contributed by atoms with van der Waals surface area (Å²) < 4.78 is 6.81. The van der Waals surface area contributed by atoms with Crippen molar-refractivity contribution in [2.45, 2.75) is 53.5 Å². The Morgan fingerprint density at radius 1 is 1.32 bits per heavy atom. The second kappa shape index (κ2) is 8.55. The molecule has 1 amide bonds. The molecule has 1 atom stereocenters. The molecule has 1 aliphatic rings. The Bertz CT molecular complexity index is 1240. The highest BCUT2D eigenvalue weighted by Crippen LogP contribution is 2.40.